The van der Waals surface area contributed by atoms with Crippen molar-refractivity contribution in [1.29, 1.82) is 0 Å². The second-order valence-corrected chi connectivity index (χ2v) is 4.63. The molecule has 2 atom stereocenters. The van der Waals surface area contributed by atoms with E-state index >= 15 is 0 Å². The lowest BCUT2D eigenvalue weighted by atomic mass is 10.1. The third-order valence-electron chi connectivity index (χ3n) is 3.29. The molecule has 1 aliphatic rings. The molecule has 3 heteroatoms. The van der Waals surface area contributed by atoms with Gasteiger partial charge >= 0.3 is 0 Å². The van der Waals surface area contributed by atoms with Crippen LogP contribution in [-0.4, -0.2) is 17.8 Å². The molecule has 0 radical (unpaired) electrons. The van der Waals surface area contributed by atoms with Crippen molar-refractivity contribution in [3.05, 3.63) is 29.3 Å². The molecule has 0 amide bonds. The molecule has 0 bridgehead atoms. The minimum Gasteiger partial charge on any atom is -0.399 e. The Kier molecular flexibility index (Phi) is 3.46. The van der Waals surface area contributed by atoms with Crippen molar-refractivity contribution >= 4 is 5.69 Å². The molecule has 0 heterocycles. The minimum absolute atomic E-state index is 0.246. The van der Waals surface area contributed by atoms with Crippen LogP contribution in [0.25, 0.3) is 0 Å². The van der Waals surface area contributed by atoms with Gasteiger partial charge in [-0.25, -0.2) is 0 Å². The summed E-state index contributed by atoms with van der Waals surface area (Å²) in [4.78, 5) is 0. The fourth-order valence-corrected chi connectivity index (χ4v) is 2.43. The normalized spacial score (nSPS) is 20.8. The zero-order valence-electron chi connectivity index (χ0n) is 9.74. The van der Waals surface area contributed by atoms with Crippen LogP contribution in [0.4, 0.5) is 5.69 Å². The maximum absolute atomic E-state index is 8.89. The largest absolute Gasteiger partial charge is 0.399 e. The second-order valence-electron chi connectivity index (χ2n) is 4.63. The first-order valence-corrected chi connectivity index (χ1v) is 5.96. The number of nitrogens with one attached hydrogen (secondary N) is 1. The van der Waals surface area contributed by atoms with Gasteiger partial charge in [0, 0.05) is 24.4 Å². The van der Waals surface area contributed by atoms with Crippen molar-refractivity contribution in [2.45, 2.75) is 38.3 Å². The molecule has 0 aromatic heterocycles. The van der Waals surface area contributed by atoms with Crippen LogP contribution < -0.4 is 11.1 Å². The predicted molar refractivity (Wildman–Crippen MR) is 66.2 cm³/mol. The van der Waals surface area contributed by atoms with Gasteiger partial charge in [-0.2, -0.15) is 0 Å². The molecule has 88 valence electrons. The van der Waals surface area contributed by atoms with E-state index in [1.54, 1.807) is 0 Å². The van der Waals surface area contributed by atoms with Crippen LogP contribution >= 0.6 is 0 Å². The molecule has 1 aromatic rings. The van der Waals surface area contributed by atoms with E-state index in [4.69, 9.17) is 10.8 Å². The molecule has 2 unspecified atom stereocenters. The zero-order chi connectivity index (χ0) is 11.5. The number of nitrogen functional groups attached to an aromatic ring is 1. The Hall–Kier alpha value is -1.06. The number of benzene rings is 1. The fraction of sp³-hybridized carbons (Fsp3) is 0.538. The van der Waals surface area contributed by atoms with Crippen LogP contribution in [0.15, 0.2) is 18.2 Å². The average molecular weight is 220 g/mol. The van der Waals surface area contributed by atoms with Crippen LogP contribution in [0, 0.1) is 0 Å². The van der Waals surface area contributed by atoms with Gasteiger partial charge in [-0.1, -0.05) is 6.07 Å². The number of aliphatic hydroxyl groups is 1. The van der Waals surface area contributed by atoms with Gasteiger partial charge in [0.25, 0.3) is 0 Å². The summed E-state index contributed by atoms with van der Waals surface area (Å²) in [7, 11) is 0. The van der Waals surface area contributed by atoms with E-state index in [9.17, 15) is 0 Å². The molecular formula is C13H20N2O. The molecule has 0 saturated carbocycles. The Labute approximate surface area is 96.7 Å². The van der Waals surface area contributed by atoms with Crippen molar-refractivity contribution in [2.24, 2.45) is 0 Å². The topological polar surface area (TPSA) is 58.3 Å². The van der Waals surface area contributed by atoms with E-state index in [0.29, 0.717) is 12.1 Å². The van der Waals surface area contributed by atoms with Gasteiger partial charge in [0.2, 0.25) is 0 Å². The molecule has 0 fully saturated rings. The van der Waals surface area contributed by atoms with E-state index in [0.717, 1.165) is 24.9 Å². The van der Waals surface area contributed by atoms with Crippen LogP contribution in [0.5, 0.6) is 0 Å². The molecule has 0 aliphatic heterocycles. The van der Waals surface area contributed by atoms with Crippen molar-refractivity contribution in [3.63, 3.8) is 0 Å². The highest BCUT2D eigenvalue weighted by Gasteiger charge is 2.23. The van der Waals surface area contributed by atoms with E-state index in [-0.39, 0.29) is 6.61 Å². The van der Waals surface area contributed by atoms with Crippen molar-refractivity contribution in [1.82, 2.24) is 5.32 Å². The van der Waals surface area contributed by atoms with Gasteiger partial charge in [-0.3, -0.25) is 0 Å². The molecule has 1 aromatic carbocycles. The lowest BCUT2D eigenvalue weighted by molar-refractivity contribution is 0.263. The van der Waals surface area contributed by atoms with E-state index in [2.05, 4.69) is 24.4 Å². The summed E-state index contributed by atoms with van der Waals surface area (Å²) in [6.45, 7) is 2.36. The second kappa shape index (κ2) is 4.85. The first-order valence-electron chi connectivity index (χ1n) is 5.96. The maximum Gasteiger partial charge on any atom is 0.0445 e. The van der Waals surface area contributed by atoms with E-state index < -0.39 is 0 Å². The van der Waals surface area contributed by atoms with Gasteiger partial charge < -0.3 is 16.2 Å². The van der Waals surface area contributed by atoms with E-state index in [1.807, 2.05) is 6.07 Å². The Morgan fingerprint density at radius 3 is 3.12 bits per heavy atom. The quantitative estimate of drug-likeness (QED) is 0.676. The van der Waals surface area contributed by atoms with Gasteiger partial charge in [-0.15, -0.1) is 0 Å². The molecule has 1 aliphatic carbocycles. The van der Waals surface area contributed by atoms with E-state index in [1.165, 1.54) is 11.1 Å². The van der Waals surface area contributed by atoms with Gasteiger partial charge in [0.15, 0.2) is 0 Å². The summed E-state index contributed by atoms with van der Waals surface area (Å²) in [5, 5.41) is 12.4. The van der Waals surface area contributed by atoms with Crippen LogP contribution in [0.1, 0.15) is 36.9 Å². The van der Waals surface area contributed by atoms with Gasteiger partial charge in [0.1, 0.15) is 0 Å². The molecule has 3 nitrogen and oxygen atoms in total. The highest BCUT2D eigenvalue weighted by Crippen LogP contribution is 2.32. The highest BCUT2D eigenvalue weighted by molar-refractivity contribution is 5.47. The molecular weight excluding hydrogens is 200 g/mol. The monoisotopic (exact) mass is 220 g/mol. The van der Waals surface area contributed by atoms with Crippen molar-refractivity contribution in [2.75, 3.05) is 12.3 Å². The number of fused-ring (bicyclic) bond motifs is 1. The van der Waals surface area contributed by atoms with Gasteiger partial charge in [0.05, 0.1) is 0 Å². The number of rotatable bonds is 4. The first-order chi connectivity index (χ1) is 7.70. The zero-order valence-corrected chi connectivity index (χ0v) is 9.74. The number of aryl methyl sites for hydroxylation is 1. The maximum atomic E-state index is 8.89. The number of nitrogens with two attached hydrogens (primary N) is 1. The standard InChI is InChI=1S/C13H20N2O/c1-9(6-7-16)15-13-5-2-10-8-11(14)3-4-12(10)13/h3-4,8-9,13,15-16H,2,5-7,14H2,1H3. The fourth-order valence-electron chi connectivity index (χ4n) is 2.43. The third kappa shape index (κ3) is 2.36. The molecule has 16 heavy (non-hydrogen) atoms. The summed E-state index contributed by atoms with van der Waals surface area (Å²) < 4.78 is 0. The Morgan fingerprint density at radius 1 is 1.56 bits per heavy atom. The smallest absolute Gasteiger partial charge is 0.0445 e. The lowest BCUT2D eigenvalue weighted by Gasteiger charge is -2.19. The van der Waals surface area contributed by atoms with Crippen LogP contribution in [0.3, 0.4) is 0 Å². The Bertz CT molecular complexity index is 365. The summed E-state index contributed by atoms with van der Waals surface area (Å²) in [6.07, 6.45) is 3.04. The highest BCUT2D eigenvalue weighted by atomic mass is 16.3. The molecule has 0 spiro atoms. The summed E-state index contributed by atoms with van der Waals surface area (Å²) >= 11 is 0. The molecule has 0 saturated heterocycles. The molecule has 4 N–H and O–H groups in total. The Morgan fingerprint density at radius 2 is 2.38 bits per heavy atom. The number of anilines is 1. The Balaban J connectivity index is 2.06. The summed E-state index contributed by atoms with van der Waals surface area (Å²) in [5.74, 6) is 0. The number of aliphatic hydroxyl groups excluding tert-OH is 1. The summed E-state index contributed by atoms with van der Waals surface area (Å²) in [5.41, 5.74) is 9.36. The van der Waals surface area contributed by atoms with Crippen LogP contribution in [-0.2, 0) is 6.42 Å². The number of hydrogen-bond acceptors (Lipinski definition) is 3. The SMILES string of the molecule is CC(CCO)NC1CCc2cc(N)ccc21. The molecule has 2 rings (SSSR count). The average Bonchev–Trinajstić information content (AvgIpc) is 2.61. The first kappa shape index (κ1) is 11.4. The van der Waals surface area contributed by atoms with Gasteiger partial charge in [-0.05, 0) is 49.4 Å². The number of hydrogen-bond donors (Lipinski definition) is 3. The van der Waals surface area contributed by atoms with Crippen LogP contribution in [0.2, 0.25) is 0 Å². The van der Waals surface area contributed by atoms with Crippen molar-refractivity contribution < 1.29 is 5.11 Å². The van der Waals surface area contributed by atoms with Crippen molar-refractivity contribution in [3.8, 4) is 0 Å². The third-order valence-corrected chi connectivity index (χ3v) is 3.29. The minimum atomic E-state index is 0.246. The summed E-state index contributed by atoms with van der Waals surface area (Å²) in [6, 6.07) is 6.96. The lowest BCUT2D eigenvalue weighted by Crippen LogP contribution is -2.30. The predicted octanol–water partition coefficient (Wildman–Crippen LogP) is 1.62.